The number of ether oxygens (including phenoxy) is 1. The van der Waals surface area contributed by atoms with Gasteiger partial charge >= 0.3 is 6.36 Å². The van der Waals surface area contributed by atoms with Crippen molar-refractivity contribution in [3.05, 3.63) is 29.8 Å². The summed E-state index contributed by atoms with van der Waals surface area (Å²) in [5, 5.41) is 2.85. The van der Waals surface area contributed by atoms with Crippen LogP contribution < -0.4 is 15.8 Å². The van der Waals surface area contributed by atoms with E-state index in [4.69, 9.17) is 5.73 Å². The number of benzene rings is 1. The van der Waals surface area contributed by atoms with E-state index in [-0.39, 0.29) is 18.2 Å². The van der Waals surface area contributed by atoms with E-state index in [0.29, 0.717) is 5.56 Å². The molecular formula is C11H13F3N2O2. The molecule has 1 unspecified atom stereocenters. The van der Waals surface area contributed by atoms with Crippen LogP contribution >= 0.6 is 0 Å². The fourth-order valence-corrected chi connectivity index (χ4v) is 1.49. The molecule has 0 radical (unpaired) electrons. The van der Waals surface area contributed by atoms with Crippen LogP contribution in [-0.4, -0.2) is 19.3 Å². The lowest BCUT2D eigenvalue weighted by Gasteiger charge is -2.15. The van der Waals surface area contributed by atoms with Gasteiger partial charge in [-0.05, 0) is 24.7 Å². The highest BCUT2D eigenvalue weighted by atomic mass is 19.4. The first-order chi connectivity index (χ1) is 8.31. The Bertz CT molecular complexity index is 404. The van der Waals surface area contributed by atoms with Crippen molar-refractivity contribution in [1.29, 1.82) is 0 Å². The maximum atomic E-state index is 11.9. The second kappa shape index (κ2) is 5.72. The minimum atomic E-state index is -4.71. The summed E-state index contributed by atoms with van der Waals surface area (Å²) in [4.78, 5) is 10.8. The van der Waals surface area contributed by atoms with E-state index in [1.165, 1.54) is 24.3 Å². The van der Waals surface area contributed by atoms with E-state index in [9.17, 15) is 18.0 Å². The van der Waals surface area contributed by atoms with E-state index in [2.05, 4.69) is 10.1 Å². The summed E-state index contributed by atoms with van der Waals surface area (Å²) in [6, 6.07) is 4.95. The van der Waals surface area contributed by atoms with Gasteiger partial charge in [0.2, 0.25) is 5.91 Å². The second-order valence-electron chi connectivity index (χ2n) is 3.63. The number of rotatable bonds is 5. The fourth-order valence-electron chi connectivity index (χ4n) is 1.49. The molecule has 0 bridgehead atoms. The van der Waals surface area contributed by atoms with Crippen molar-refractivity contribution in [3.8, 4) is 5.75 Å². The van der Waals surface area contributed by atoms with Crippen LogP contribution in [0.1, 0.15) is 18.0 Å². The van der Waals surface area contributed by atoms with E-state index in [0.717, 1.165) is 0 Å². The quantitative estimate of drug-likeness (QED) is 0.849. The molecule has 0 spiro atoms. The number of halogens is 3. The fraction of sp³-hybridized carbons (Fsp3) is 0.364. The van der Waals surface area contributed by atoms with Crippen LogP contribution in [0.4, 0.5) is 13.2 Å². The summed E-state index contributed by atoms with van der Waals surface area (Å²) in [6.07, 6.45) is -4.65. The van der Waals surface area contributed by atoms with Crippen molar-refractivity contribution in [1.82, 2.24) is 5.32 Å². The number of carbonyl (C=O) groups excluding carboxylic acids is 1. The first-order valence-corrected chi connectivity index (χ1v) is 5.13. The molecule has 100 valence electrons. The molecule has 0 aromatic heterocycles. The second-order valence-corrected chi connectivity index (χ2v) is 3.63. The first kappa shape index (κ1) is 14.3. The summed E-state index contributed by atoms with van der Waals surface area (Å²) in [5.74, 6) is -0.801. The summed E-state index contributed by atoms with van der Waals surface area (Å²) in [5.41, 5.74) is 5.73. The number of alkyl halides is 3. The number of carbonyl (C=O) groups is 1. The standard InChI is InChI=1S/C11H13F3N2O2/c1-16-9(6-10(15)17)7-2-4-8(5-3-7)18-11(12,13)14/h2-5,9,16H,6H2,1H3,(H2,15,17). The van der Waals surface area contributed by atoms with Crippen molar-refractivity contribution in [3.63, 3.8) is 0 Å². The Morgan fingerprint density at radius 2 is 1.94 bits per heavy atom. The molecule has 3 N–H and O–H groups in total. The Balaban J connectivity index is 2.77. The summed E-state index contributed by atoms with van der Waals surface area (Å²) < 4.78 is 39.6. The van der Waals surface area contributed by atoms with Crippen molar-refractivity contribution in [2.75, 3.05) is 7.05 Å². The van der Waals surface area contributed by atoms with Crippen LogP contribution in [0.5, 0.6) is 5.75 Å². The SMILES string of the molecule is CNC(CC(N)=O)c1ccc(OC(F)(F)F)cc1. The number of hydrogen-bond acceptors (Lipinski definition) is 3. The minimum Gasteiger partial charge on any atom is -0.406 e. The third kappa shape index (κ3) is 4.62. The van der Waals surface area contributed by atoms with Gasteiger partial charge in [0.25, 0.3) is 0 Å². The van der Waals surface area contributed by atoms with Crippen molar-refractivity contribution < 1.29 is 22.7 Å². The highest BCUT2D eigenvalue weighted by Gasteiger charge is 2.31. The predicted octanol–water partition coefficient (Wildman–Crippen LogP) is 1.72. The highest BCUT2D eigenvalue weighted by Crippen LogP contribution is 2.25. The van der Waals surface area contributed by atoms with E-state index in [1.807, 2.05) is 0 Å². The molecule has 0 aliphatic rings. The molecular weight excluding hydrogens is 249 g/mol. The van der Waals surface area contributed by atoms with Crippen LogP contribution in [0.25, 0.3) is 0 Å². The largest absolute Gasteiger partial charge is 0.573 e. The maximum Gasteiger partial charge on any atom is 0.573 e. The van der Waals surface area contributed by atoms with Crippen molar-refractivity contribution in [2.24, 2.45) is 5.73 Å². The Morgan fingerprint density at radius 3 is 2.33 bits per heavy atom. The molecule has 0 fully saturated rings. The summed E-state index contributed by atoms with van der Waals surface area (Å²) in [7, 11) is 1.63. The third-order valence-electron chi connectivity index (χ3n) is 2.27. The van der Waals surface area contributed by atoms with Crippen molar-refractivity contribution >= 4 is 5.91 Å². The van der Waals surface area contributed by atoms with Gasteiger partial charge in [0.15, 0.2) is 0 Å². The number of nitrogens with two attached hydrogens (primary N) is 1. The van der Waals surface area contributed by atoms with E-state index in [1.54, 1.807) is 7.05 Å². The summed E-state index contributed by atoms with van der Waals surface area (Å²) >= 11 is 0. The molecule has 0 saturated carbocycles. The lowest BCUT2D eigenvalue weighted by Crippen LogP contribution is -2.23. The molecule has 4 nitrogen and oxygen atoms in total. The molecule has 0 aliphatic carbocycles. The Labute approximate surface area is 102 Å². The number of amides is 1. The molecule has 0 heterocycles. The van der Waals surface area contributed by atoms with Gasteiger partial charge in [-0.1, -0.05) is 12.1 Å². The molecule has 1 atom stereocenters. The van der Waals surface area contributed by atoms with E-state index >= 15 is 0 Å². The lowest BCUT2D eigenvalue weighted by atomic mass is 10.0. The zero-order chi connectivity index (χ0) is 13.8. The highest BCUT2D eigenvalue weighted by molar-refractivity contribution is 5.74. The normalized spacial score (nSPS) is 13.1. The zero-order valence-electron chi connectivity index (χ0n) is 9.62. The molecule has 0 aliphatic heterocycles. The topological polar surface area (TPSA) is 64.3 Å². The summed E-state index contributed by atoms with van der Waals surface area (Å²) in [6.45, 7) is 0. The Hall–Kier alpha value is -1.76. The van der Waals surface area contributed by atoms with Gasteiger partial charge in [-0.2, -0.15) is 0 Å². The maximum absolute atomic E-state index is 11.9. The lowest BCUT2D eigenvalue weighted by molar-refractivity contribution is -0.274. The van der Waals surface area contributed by atoms with Gasteiger partial charge < -0.3 is 15.8 Å². The molecule has 18 heavy (non-hydrogen) atoms. The van der Waals surface area contributed by atoms with Crippen LogP contribution in [0.2, 0.25) is 0 Å². The molecule has 7 heteroatoms. The smallest absolute Gasteiger partial charge is 0.406 e. The van der Waals surface area contributed by atoms with Gasteiger partial charge in [0.1, 0.15) is 5.75 Å². The van der Waals surface area contributed by atoms with Crippen LogP contribution in [-0.2, 0) is 4.79 Å². The monoisotopic (exact) mass is 262 g/mol. The van der Waals surface area contributed by atoms with Gasteiger partial charge in [-0.3, -0.25) is 4.79 Å². The Kier molecular flexibility index (Phi) is 4.55. The molecule has 1 amide bonds. The van der Waals surface area contributed by atoms with Gasteiger partial charge in [-0.25, -0.2) is 0 Å². The van der Waals surface area contributed by atoms with Crippen molar-refractivity contribution in [2.45, 2.75) is 18.8 Å². The van der Waals surface area contributed by atoms with Gasteiger partial charge in [0.05, 0.1) is 0 Å². The molecule has 1 aromatic rings. The first-order valence-electron chi connectivity index (χ1n) is 5.13. The minimum absolute atomic E-state index is 0.0655. The van der Waals surface area contributed by atoms with Crippen LogP contribution in [0.3, 0.4) is 0 Å². The van der Waals surface area contributed by atoms with Crippen LogP contribution in [0, 0.1) is 0 Å². The average molecular weight is 262 g/mol. The van der Waals surface area contributed by atoms with Gasteiger partial charge in [0, 0.05) is 12.5 Å². The molecule has 1 rings (SSSR count). The molecule has 1 aromatic carbocycles. The van der Waals surface area contributed by atoms with Crippen LogP contribution in [0.15, 0.2) is 24.3 Å². The number of primary amides is 1. The number of hydrogen-bond donors (Lipinski definition) is 2. The predicted molar refractivity (Wildman–Crippen MR) is 58.7 cm³/mol. The average Bonchev–Trinajstić information content (AvgIpc) is 2.24. The van der Waals surface area contributed by atoms with E-state index < -0.39 is 12.3 Å². The third-order valence-corrected chi connectivity index (χ3v) is 2.27. The number of nitrogens with one attached hydrogen (secondary N) is 1. The Morgan fingerprint density at radius 1 is 1.39 bits per heavy atom. The zero-order valence-corrected chi connectivity index (χ0v) is 9.62. The van der Waals surface area contributed by atoms with Gasteiger partial charge in [-0.15, -0.1) is 13.2 Å². The molecule has 0 saturated heterocycles.